The molecular weight excluding hydrogens is 244 g/mol. The largest absolute Gasteiger partial charge is 0.444 e. The molecule has 0 saturated carbocycles. The maximum atomic E-state index is 12.1. The molecular formula is C14H28N2O3. The predicted octanol–water partition coefficient (Wildman–Crippen LogP) is 2.45. The van der Waals surface area contributed by atoms with Crippen molar-refractivity contribution in [1.82, 2.24) is 10.6 Å². The smallest absolute Gasteiger partial charge is 0.408 e. The Morgan fingerprint density at radius 3 is 2.00 bits per heavy atom. The van der Waals surface area contributed by atoms with Crippen molar-refractivity contribution in [2.24, 2.45) is 5.92 Å². The molecule has 2 N–H and O–H groups in total. The van der Waals surface area contributed by atoms with E-state index in [-0.39, 0.29) is 17.9 Å². The fourth-order valence-electron chi connectivity index (χ4n) is 1.40. The van der Waals surface area contributed by atoms with Gasteiger partial charge in [0.05, 0.1) is 0 Å². The first-order valence-electron chi connectivity index (χ1n) is 6.86. The molecule has 0 heterocycles. The molecule has 112 valence electrons. The van der Waals surface area contributed by atoms with E-state index in [0.29, 0.717) is 0 Å². The number of carbonyl (C=O) groups is 2. The normalized spacial score (nSPS) is 14.7. The Labute approximate surface area is 116 Å². The molecule has 0 aromatic rings. The molecule has 0 spiro atoms. The van der Waals surface area contributed by atoms with Crippen LogP contribution in [0.5, 0.6) is 0 Å². The molecule has 0 rings (SSSR count). The molecule has 19 heavy (non-hydrogen) atoms. The molecule has 5 heteroatoms. The summed E-state index contributed by atoms with van der Waals surface area (Å²) in [4.78, 5) is 23.8. The van der Waals surface area contributed by atoms with E-state index in [9.17, 15) is 9.59 Å². The Balaban J connectivity index is 4.58. The van der Waals surface area contributed by atoms with E-state index >= 15 is 0 Å². The highest BCUT2D eigenvalue weighted by Gasteiger charge is 2.27. The minimum absolute atomic E-state index is 0.00317. The van der Waals surface area contributed by atoms with Crippen LogP contribution in [0.25, 0.3) is 0 Å². The number of amides is 2. The van der Waals surface area contributed by atoms with E-state index in [1.807, 2.05) is 27.7 Å². The van der Waals surface area contributed by atoms with Crippen LogP contribution in [0.1, 0.15) is 54.9 Å². The summed E-state index contributed by atoms with van der Waals surface area (Å²) in [6.07, 6.45) is 0.286. The van der Waals surface area contributed by atoms with Gasteiger partial charge in [-0.2, -0.15) is 0 Å². The van der Waals surface area contributed by atoms with Crippen LogP contribution in [0, 0.1) is 5.92 Å². The number of hydrogen-bond donors (Lipinski definition) is 2. The Morgan fingerprint density at radius 2 is 1.63 bits per heavy atom. The second-order valence-electron chi connectivity index (χ2n) is 6.19. The van der Waals surface area contributed by atoms with Crippen molar-refractivity contribution < 1.29 is 14.3 Å². The molecule has 0 aliphatic rings. The molecule has 2 atom stereocenters. The quantitative estimate of drug-likeness (QED) is 0.808. The van der Waals surface area contributed by atoms with Crippen LogP contribution in [0.2, 0.25) is 0 Å². The lowest BCUT2D eigenvalue weighted by Crippen LogP contribution is -2.52. The molecule has 0 aliphatic heterocycles. The van der Waals surface area contributed by atoms with Crippen molar-refractivity contribution in [1.29, 1.82) is 0 Å². The van der Waals surface area contributed by atoms with Crippen molar-refractivity contribution >= 4 is 12.0 Å². The van der Waals surface area contributed by atoms with Gasteiger partial charge in [0.15, 0.2) is 0 Å². The summed E-state index contributed by atoms with van der Waals surface area (Å²) in [6.45, 7) is 13.1. The summed E-state index contributed by atoms with van der Waals surface area (Å²) in [6, 6.07) is -0.488. The van der Waals surface area contributed by atoms with E-state index in [1.165, 1.54) is 0 Å². The summed E-state index contributed by atoms with van der Waals surface area (Å²) < 4.78 is 5.17. The van der Waals surface area contributed by atoms with Crippen molar-refractivity contribution in [2.45, 2.75) is 72.6 Å². The highest BCUT2D eigenvalue weighted by atomic mass is 16.6. The topological polar surface area (TPSA) is 67.4 Å². The standard InChI is InChI=1S/C14H28N2O3/c1-8-10(4)15-12(17)11(9(2)3)16-13(18)19-14(5,6)7/h9-11H,8H2,1-7H3,(H,15,17)(H,16,18)/t10?,11-/m0/s1. The first kappa shape index (κ1) is 17.7. The van der Waals surface area contributed by atoms with Crippen LogP contribution in [0.3, 0.4) is 0 Å². The fourth-order valence-corrected chi connectivity index (χ4v) is 1.40. The molecule has 1 unspecified atom stereocenters. The highest BCUT2D eigenvalue weighted by Crippen LogP contribution is 2.09. The third kappa shape index (κ3) is 7.70. The number of nitrogens with one attached hydrogen (secondary N) is 2. The van der Waals surface area contributed by atoms with Gasteiger partial charge in [0.2, 0.25) is 5.91 Å². The van der Waals surface area contributed by atoms with Gasteiger partial charge in [-0.25, -0.2) is 4.79 Å². The van der Waals surface area contributed by atoms with E-state index in [2.05, 4.69) is 10.6 Å². The van der Waals surface area contributed by atoms with Gasteiger partial charge < -0.3 is 15.4 Å². The molecule has 0 aromatic carbocycles. The SMILES string of the molecule is CCC(C)NC(=O)[C@@H](NC(=O)OC(C)(C)C)C(C)C. The van der Waals surface area contributed by atoms with Gasteiger partial charge in [0.1, 0.15) is 11.6 Å². The van der Waals surface area contributed by atoms with Gasteiger partial charge in [-0.05, 0) is 40.0 Å². The first-order chi connectivity index (χ1) is 8.56. The van der Waals surface area contributed by atoms with Gasteiger partial charge in [0.25, 0.3) is 0 Å². The van der Waals surface area contributed by atoms with Crippen LogP contribution in [-0.2, 0) is 9.53 Å². The second-order valence-corrected chi connectivity index (χ2v) is 6.19. The Hall–Kier alpha value is -1.26. The van der Waals surface area contributed by atoms with Crippen LogP contribution < -0.4 is 10.6 Å². The zero-order chi connectivity index (χ0) is 15.2. The summed E-state index contributed by atoms with van der Waals surface area (Å²) in [5.41, 5.74) is -0.571. The number of hydrogen-bond acceptors (Lipinski definition) is 3. The van der Waals surface area contributed by atoms with E-state index in [1.54, 1.807) is 20.8 Å². The number of alkyl carbamates (subject to hydrolysis) is 1. The summed E-state index contributed by atoms with van der Waals surface area (Å²) in [7, 11) is 0. The zero-order valence-electron chi connectivity index (χ0n) is 13.2. The van der Waals surface area contributed by atoms with Gasteiger partial charge >= 0.3 is 6.09 Å². The van der Waals surface area contributed by atoms with Crippen molar-refractivity contribution in [3.05, 3.63) is 0 Å². The minimum atomic E-state index is -0.580. The fraction of sp³-hybridized carbons (Fsp3) is 0.857. The maximum Gasteiger partial charge on any atom is 0.408 e. The second kappa shape index (κ2) is 7.36. The molecule has 0 aromatic heterocycles. The molecule has 0 saturated heterocycles. The number of carbonyl (C=O) groups excluding carboxylic acids is 2. The molecule has 0 aliphatic carbocycles. The molecule has 5 nitrogen and oxygen atoms in total. The average Bonchev–Trinajstić information content (AvgIpc) is 2.22. The van der Waals surface area contributed by atoms with Gasteiger partial charge in [0, 0.05) is 6.04 Å². The van der Waals surface area contributed by atoms with Crippen LogP contribution >= 0.6 is 0 Å². The lowest BCUT2D eigenvalue weighted by Gasteiger charge is -2.26. The van der Waals surface area contributed by atoms with Crippen molar-refractivity contribution in [2.75, 3.05) is 0 Å². The molecule has 0 fully saturated rings. The van der Waals surface area contributed by atoms with Gasteiger partial charge in [-0.1, -0.05) is 20.8 Å². The van der Waals surface area contributed by atoms with Gasteiger partial charge in [-0.3, -0.25) is 4.79 Å². The molecule has 0 radical (unpaired) electrons. The number of ether oxygens (including phenoxy) is 1. The van der Waals surface area contributed by atoms with Crippen LogP contribution in [-0.4, -0.2) is 29.7 Å². The van der Waals surface area contributed by atoms with Crippen molar-refractivity contribution in [3.8, 4) is 0 Å². The van der Waals surface area contributed by atoms with Gasteiger partial charge in [-0.15, -0.1) is 0 Å². The van der Waals surface area contributed by atoms with Crippen LogP contribution in [0.4, 0.5) is 4.79 Å². The minimum Gasteiger partial charge on any atom is -0.444 e. The van der Waals surface area contributed by atoms with E-state index in [4.69, 9.17) is 4.74 Å². The maximum absolute atomic E-state index is 12.1. The summed E-state index contributed by atoms with van der Waals surface area (Å²) in [5.74, 6) is -0.174. The highest BCUT2D eigenvalue weighted by molar-refractivity contribution is 5.86. The third-order valence-corrected chi connectivity index (χ3v) is 2.62. The Morgan fingerprint density at radius 1 is 1.11 bits per heavy atom. The summed E-state index contributed by atoms with van der Waals surface area (Å²) in [5, 5.41) is 5.50. The predicted molar refractivity (Wildman–Crippen MR) is 75.9 cm³/mol. The number of rotatable bonds is 5. The lowest BCUT2D eigenvalue weighted by molar-refractivity contribution is -0.124. The third-order valence-electron chi connectivity index (χ3n) is 2.62. The molecule has 0 bridgehead atoms. The van der Waals surface area contributed by atoms with Crippen LogP contribution in [0.15, 0.2) is 0 Å². The Bertz CT molecular complexity index is 308. The lowest BCUT2D eigenvalue weighted by atomic mass is 10.0. The monoisotopic (exact) mass is 272 g/mol. The van der Waals surface area contributed by atoms with E-state index in [0.717, 1.165) is 6.42 Å². The summed E-state index contributed by atoms with van der Waals surface area (Å²) >= 11 is 0. The molecule has 2 amide bonds. The van der Waals surface area contributed by atoms with E-state index < -0.39 is 17.7 Å². The zero-order valence-corrected chi connectivity index (χ0v) is 13.2. The average molecular weight is 272 g/mol. The van der Waals surface area contributed by atoms with Crippen molar-refractivity contribution in [3.63, 3.8) is 0 Å². The Kier molecular flexibility index (Phi) is 6.87. The first-order valence-corrected chi connectivity index (χ1v) is 6.86.